The Hall–Kier alpha value is -0.920. The van der Waals surface area contributed by atoms with E-state index in [0.29, 0.717) is 18.4 Å². The minimum atomic E-state index is 0.182. The van der Waals surface area contributed by atoms with Gasteiger partial charge in [-0.25, -0.2) is 0 Å². The zero-order valence-electron chi connectivity index (χ0n) is 10.3. The minimum absolute atomic E-state index is 0.182. The average Bonchev–Trinajstić information content (AvgIpc) is 2.79. The molecule has 102 valence electrons. The largest absolute Gasteiger partial charge is 0.354 e. The van der Waals surface area contributed by atoms with Crippen molar-refractivity contribution in [2.45, 2.75) is 19.9 Å². The highest BCUT2D eigenvalue weighted by Gasteiger charge is 2.06. The van der Waals surface area contributed by atoms with Gasteiger partial charge in [0.2, 0.25) is 17.2 Å². The van der Waals surface area contributed by atoms with Gasteiger partial charge in [0.1, 0.15) is 0 Å². The van der Waals surface area contributed by atoms with Crippen molar-refractivity contribution in [2.24, 2.45) is 0 Å². The highest BCUT2D eigenvalue weighted by molar-refractivity contribution is 9.10. The molecule has 8 heteroatoms. The van der Waals surface area contributed by atoms with Crippen molar-refractivity contribution >= 4 is 50.8 Å². The van der Waals surface area contributed by atoms with Gasteiger partial charge in [0.05, 0.1) is 6.54 Å². The van der Waals surface area contributed by atoms with Crippen LogP contribution in [0.5, 0.6) is 0 Å². The van der Waals surface area contributed by atoms with Crippen molar-refractivity contribution in [2.75, 3.05) is 17.2 Å². The van der Waals surface area contributed by atoms with E-state index < -0.39 is 0 Å². The molecular weight excluding hydrogens is 350 g/mol. The van der Waals surface area contributed by atoms with E-state index in [-0.39, 0.29) is 5.28 Å². The normalized spacial score (nSPS) is 10.5. The molecule has 0 aliphatic heterocycles. The van der Waals surface area contributed by atoms with E-state index >= 15 is 0 Å². The molecule has 0 fully saturated rings. The second kappa shape index (κ2) is 7.02. The fourth-order valence-electron chi connectivity index (χ4n) is 1.36. The molecule has 5 nitrogen and oxygen atoms in total. The second-order valence-electron chi connectivity index (χ2n) is 3.72. The highest BCUT2D eigenvalue weighted by atomic mass is 79.9. The maximum Gasteiger partial charge on any atom is 0.229 e. The third kappa shape index (κ3) is 4.29. The first-order chi connectivity index (χ1) is 9.19. The summed E-state index contributed by atoms with van der Waals surface area (Å²) < 4.78 is 1.08. The van der Waals surface area contributed by atoms with Gasteiger partial charge in [0.25, 0.3) is 0 Å². The van der Waals surface area contributed by atoms with Crippen LogP contribution in [0.3, 0.4) is 0 Å². The van der Waals surface area contributed by atoms with Gasteiger partial charge in [-0.15, -0.1) is 11.3 Å². The van der Waals surface area contributed by atoms with Crippen LogP contribution in [0.2, 0.25) is 5.28 Å². The Morgan fingerprint density at radius 2 is 2.00 bits per heavy atom. The van der Waals surface area contributed by atoms with E-state index in [4.69, 9.17) is 11.6 Å². The zero-order chi connectivity index (χ0) is 13.7. The summed E-state index contributed by atoms with van der Waals surface area (Å²) in [5.41, 5.74) is 0. The molecule has 2 N–H and O–H groups in total. The number of rotatable bonds is 6. The molecule has 0 aliphatic rings. The number of hydrogen-bond donors (Lipinski definition) is 2. The smallest absolute Gasteiger partial charge is 0.229 e. The molecule has 0 spiro atoms. The lowest BCUT2D eigenvalue weighted by Gasteiger charge is -2.07. The van der Waals surface area contributed by atoms with Crippen LogP contribution < -0.4 is 10.6 Å². The Morgan fingerprint density at radius 3 is 2.63 bits per heavy atom. The SMILES string of the molecule is CCCNc1nc(Cl)nc(NCc2sccc2Br)n1. The summed E-state index contributed by atoms with van der Waals surface area (Å²) in [6, 6.07) is 2.01. The number of hydrogen-bond acceptors (Lipinski definition) is 6. The first-order valence-corrected chi connectivity index (χ1v) is 7.85. The molecule has 0 bridgehead atoms. The molecule has 0 unspecified atom stereocenters. The van der Waals surface area contributed by atoms with Gasteiger partial charge in [0.15, 0.2) is 0 Å². The van der Waals surface area contributed by atoms with Crippen molar-refractivity contribution in [3.63, 3.8) is 0 Å². The van der Waals surface area contributed by atoms with Gasteiger partial charge in [-0.1, -0.05) is 6.92 Å². The lowest BCUT2D eigenvalue weighted by Crippen LogP contribution is -2.09. The summed E-state index contributed by atoms with van der Waals surface area (Å²) in [4.78, 5) is 13.5. The molecule has 0 saturated carbocycles. The number of thiophene rings is 1. The number of nitrogens with one attached hydrogen (secondary N) is 2. The van der Waals surface area contributed by atoms with Crippen LogP contribution in [0.25, 0.3) is 0 Å². The van der Waals surface area contributed by atoms with Gasteiger partial charge < -0.3 is 10.6 Å². The molecule has 2 rings (SSSR count). The van der Waals surface area contributed by atoms with Gasteiger partial charge in [-0.05, 0) is 45.4 Å². The molecule has 0 radical (unpaired) electrons. The van der Waals surface area contributed by atoms with Gasteiger partial charge in [-0.3, -0.25) is 0 Å². The van der Waals surface area contributed by atoms with Crippen LogP contribution in [0.4, 0.5) is 11.9 Å². The molecule has 0 amide bonds. The van der Waals surface area contributed by atoms with E-state index in [2.05, 4.69) is 48.4 Å². The van der Waals surface area contributed by atoms with Crippen molar-refractivity contribution in [1.29, 1.82) is 0 Å². The number of nitrogens with zero attached hydrogens (tertiary/aromatic N) is 3. The first kappa shape index (κ1) is 14.5. The quantitative estimate of drug-likeness (QED) is 0.818. The van der Waals surface area contributed by atoms with E-state index in [1.54, 1.807) is 11.3 Å². The Labute approximate surface area is 129 Å². The summed E-state index contributed by atoms with van der Waals surface area (Å²) in [6.07, 6.45) is 0.994. The molecule has 2 aromatic heterocycles. The highest BCUT2D eigenvalue weighted by Crippen LogP contribution is 2.23. The Balaban J connectivity index is 2.03. The maximum absolute atomic E-state index is 5.87. The van der Waals surface area contributed by atoms with Crippen LogP contribution in [0.15, 0.2) is 15.9 Å². The summed E-state index contributed by atoms with van der Waals surface area (Å²) >= 11 is 11.0. The molecule has 2 aromatic rings. The van der Waals surface area contributed by atoms with E-state index in [1.165, 1.54) is 4.88 Å². The topological polar surface area (TPSA) is 62.7 Å². The monoisotopic (exact) mass is 361 g/mol. The number of halogens is 2. The van der Waals surface area contributed by atoms with Crippen LogP contribution in [-0.4, -0.2) is 21.5 Å². The molecule has 2 heterocycles. The standard InChI is InChI=1S/C11H13BrClN5S/c1-2-4-14-10-16-9(13)17-11(18-10)15-6-8-7(12)3-5-19-8/h3,5H,2,4,6H2,1H3,(H2,14,15,16,17,18). The zero-order valence-corrected chi connectivity index (χ0v) is 13.4. The van der Waals surface area contributed by atoms with Crippen molar-refractivity contribution in [3.05, 3.63) is 26.1 Å². The lowest BCUT2D eigenvalue weighted by molar-refractivity contribution is 0.933. The second-order valence-corrected chi connectivity index (χ2v) is 5.92. The first-order valence-electron chi connectivity index (χ1n) is 5.80. The van der Waals surface area contributed by atoms with Crippen molar-refractivity contribution in [3.8, 4) is 0 Å². The van der Waals surface area contributed by atoms with Crippen molar-refractivity contribution < 1.29 is 0 Å². The Morgan fingerprint density at radius 1 is 1.26 bits per heavy atom. The Bertz CT molecular complexity index is 548. The fraction of sp³-hybridized carbons (Fsp3) is 0.364. The molecule has 0 aliphatic carbocycles. The Kier molecular flexibility index (Phi) is 5.35. The molecule has 0 saturated heterocycles. The van der Waals surface area contributed by atoms with Crippen molar-refractivity contribution in [1.82, 2.24) is 15.0 Å². The molecular formula is C11H13BrClN5S. The van der Waals surface area contributed by atoms with Gasteiger partial charge in [-0.2, -0.15) is 15.0 Å². The van der Waals surface area contributed by atoms with Crippen LogP contribution in [0, 0.1) is 0 Å². The summed E-state index contributed by atoms with van der Waals surface area (Å²) in [5.74, 6) is 0.966. The van der Waals surface area contributed by atoms with Crippen LogP contribution in [0.1, 0.15) is 18.2 Å². The van der Waals surface area contributed by atoms with Gasteiger partial charge in [0, 0.05) is 15.9 Å². The lowest BCUT2D eigenvalue weighted by atomic mass is 10.5. The van der Waals surface area contributed by atoms with Crippen LogP contribution >= 0.6 is 38.9 Å². The third-order valence-electron chi connectivity index (χ3n) is 2.24. The number of anilines is 2. The predicted molar refractivity (Wildman–Crippen MR) is 83.0 cm³/mol. The molecule has 0 aromatic carbocycles. The fourth-order valence-corrected chi connectivity index (χ4v) is 2.95. The van der Waals surface area contributed by atoms with E-state index in [0.717, 1.165) is 17.4 Å². The summed E-state index contributed by atoms with van der Waals surface area (Å²) in [6.45, 7) is 3.52. The predicted octanol–water partition coefficient (Wildman–Crippen LogP) is 3.78. The summed E-state index contributed by atoms with van der Waals surface area (Å²) in [5, 5.41) is 8.43. The molecule has 0 atom stereocenters. The number of aromatic nitrogens is 3. The minimum Gasteiger partial charge on any atom is -0.354 e. The third-order valence-corrected chi connectivity index (χ3v) is 4.33. The maximum atomic E-state index is 5.87. The van der Waals surface area contributed by atoms with E-state index in [1.807, 2.05) is 11.4 Å². The average molecular weight is 363 g/mol. The van der Waals surface area contributed by atoms with Crippen LogP contribution in [-0.2, 0) is 6.54 Å². The van der Waals surface area contributed by atoms with E-state index in [9.17, 15) is 0 Å². The van der Waals surface area contributed by atoms with Gasteiger partial charge >= 0.3 is 0 Å². The summed E-state index contributed by atoms with van der Waals surface area (Å²) in [7, 11) is 0. The molecule has 19 heavy (non-hydrogen) atoms.